The first-order valence-electron chi connectivity index (χ1n) is 8.63. The van der Waals surface area contributed by atoms with Crippen LogP contribution >= 0.6 is 0 Å². The van der Waals surface area contributed by atoms with Crippen molar-refractivity contribution in [1.82, 2.24) is 5.32 Å². The molecule has 0 radical (unpaired) electrons. The maximum atomic E-state index is 12.3. The Bertz CT molecular complexity index is 771. The lowest BCUT2D eigenvalue weighted by Crippen LogP contribution is -2.33. The van der Waals surface area contributed by atoms with E-state index in [0.29, 0.717) is 0 Å². The summed E-state index contributed by atoms with van der Waals surface area (Å²) in [4.78, 5) is 34.8. The first kappa shape index (κ1) is 20.2. The van der Waals surface area contributed by atoms with E-state index in [1.165, 1.54) is 6.92 Å². The molecule has 0 saturated heterocycles. The van der Waals surface area contributed by atoms with Crippen molar-refractivity contribution in [3.8, 4) is 5.75 Å². The van der Waals surface area contributed by atoms with E-state index in [9.17, 15) is 14.4 Å². The Morgan fingerprint density at radius 3 is 2.15 bits per heavy atom. The van der Waals surface area contributed by atoms with Crippen LogP contribution < -0.4 is 10.1 Å². The van der Waals surface area contributed by atoms with Gasteiger partial charge in [0.15, 0.2) is 6.61 Å². The van der Waals surface area contributed by atoms with Gasteiger partial charge >= 0.3 is 5.97 Å². The zero-order valence-corrected chi connectivity index (χ0v) is 15.4. The van der Waals surface area contributed by atoms with Crippen molar-refractivity contribution in [2.45, 2.75) is 25.8 Å². The largest absolute Gasteiger partial charge is 0.497 e. The highest BCUT2D eigenvalue weighted by Gasteiger charge is 2.18. The number of ether oxygens (including phenoxy) is 2. The van der Waals surface area contributed by atoms with Crippen LogP contribution in [0.2, 0.25) is 0 Å². The molecule has 0 aliphatic rings. The molecule has 0 heterocycles. The number of ketones is 1. The van der Waals surface area contributed by atoms with E-state index in [1.54, 1.807) is 7.11 Å². The minimum atomic E-state index is -0.568. The second kappa shape index (κ2) is 10.1. The third kappa shape index (κ3) is 6.58. The molecule has 27 heavy (non-hydrogen) atoms. The molecule has 1 N–H and O–H groups in total. The minimum absolute atomic E-state index is 0.0246. The molecule has 6 heteroatoms. The van der Waals surface area contributed by atoms with Crippen molar-refractivity contribution in [3.05, 3.63) is 65.7 Å². The van der Waals surface area contributed by atoms with Gasteiger partial charge in [-0.2, -0.15) is 0 Å². The van der Waals surface area contributed by atoms with Crippen LogP contribution in [-0.2, 0) is 19.1 Å². The number of hydrogen-bond donors (Lipinski definition) is 1. The lowest BCUT2D eigenvalue weighted by Gasteiger charge is -2.20. The van der Waals surface area contributed by atoms with E-state index < -0.39 is 18.5 Å². The van der Waals surface area contributed by atoms with Crippen LogP contribution in [0.5, 0.6) is 5.75 Å². The number of nitrogens with one attached hydrogen (secondary N) is 1. The van der Waals surface area contributed by atoms with Gasteiger partial charge in [-0.1, -0.05) is 42.5 Å². The van der Waals surface area contributed by atoms with Gasteiger partial charge in [-0.15, -0.1) is 0 Å². The van der Waals surface area contributed by atoms with Gasteiger partial charge in [-0.25, -0.2) is 0 Å². The predicted octanol–water partition coefficient (Wildman–Crippen LogP) is 2.81. The summed E-state index contributed by atoms with van der Waals surface area (Å²) in [6, 6.07) is 16.5. The Balaban J connectivity index is 2.04. The van der Waals surface area contributed by atoms with E-state index in [1.807, 2.05) is 54.6 Å². The highest BCUT2D eigenvalue weighted by molar-refractivity contribution is 5.83. The molecule has 0 saturated carbocycles. The maximum absolute atomic E-state index is 12.3. The van der Waals surface area contributed by atoms with Crippen molar-refractivity contribution in [2.24, 2.45) is 0 Å². The lowest BCUT2D eigenvalue weighted by molar-refractivity contribution is -0.149. The Hall–Kier alpha value is -3.15. The molecule has 2 aromatic carbocycles. The lowest BCUT2D eigenvalue weighted by atomic mass is 9.98. The zero-order chi connectivity index (χ0) is 19.6. The van der Waals surface area contributed by atoms with Gasteiger partial charge in [-0.3, -0.25) is 9.59 Å². The first-order chi connectivity index (χ1) is 13.0. The Morgan fingerprint density at radius 2 is 1.56 bits per heavy atom. The van der Waals surface area contributed by atoms with Crippen LogP contribution in [0.1, 0.15) is 36.9 Å². The number of hydrogen-bond acceptors (Lipinski definition) is 5. The average Bonchev–Trinajstić information content (AvgIpc) is 2.69. The second-order valence-corrected chi connectivity index (χ2v) is 6.05. The molecule has 0 spiro atoms. The molecule has 1 atom stereocenters. The van der Waals surface area contributed by atoms with Crippen LogP contribution in [0.4, 0.5) is 0 Å². The summed E-state index contributed by atoms with van der Waals surface area (Å²) in [5.74, 6) is -0.367. The smallest absolute Gasteiger partial charge is 0.306 e. The van der Waals surface area contributed by atoms with E-state index >= 15 is 0 Å². The summed E-state index contributed by atoms with van der Waals surface area (Å²) in [7, 11) is 1.59. The molecule has 142 valence electrons. The molecule has 1 amide bonds. The molecule has 0 aromatic heterocycles. The van der Waals surface area contributed by atoms with Crippen molar-refractivity contribution in [3.63, 3.8) is 0 Å². The number of Topliss-reactive ketones (excluding diaryl/α,β-unsaturated/α-hetero) is 1. The van der Waals surface area contributed by atoms with Gasteiger partial charge in [0.1, 0.15) is 11.5 Å². The van der Waals surface area contributed by atoms with E-state index in [-0.39, 0.29) is 24.7 Å². The van der Waals surface area contributed by atoms with Gasteiger partial charge in [-0.05, 0) is 30.2 Å². The standard InChI is InChI=1S/C21H23NO5/c1-15(23)8-13-20(25)27-14-19(24)22-21(16-6-4-3-5-7-16)17-9-11-18(26-2)12-10-17/h3-7,9-12,21H,8,13-14H2,1-2H3,(H,22,24)/t21-/m0/s1. The van der Waals surface area contributed by atoms with Crippen molar-refractivity contribution in [2.75, 3.05) is 13.7 Å². The summed E-state index contributed by atoms with van der Waals surface area (Å²) >= 11 is 0. The maximum Gasteiger partial charge on any atom is 0.306 e. The molecule has 2 rings (SSSR count). The number of amides is 1. The number of esters is 1. The van der Waals surface area contributed by atoms with Crippen molar-refractivity contribution >= 4 is 17.7 Å². The zero-order valence-electron chi connectivity index (χ0n) is 15.4. The van der Waals surface area contributed by atoms with Gasteiger partial charge in [0.05, 0.1) is 19.6 Å². The van der Waals surface area contributed by atoms with Crippen LogP contribution in [0, 0.1) is 0 Å². The quantitative estimate of drug-likeness (QED) is 0.688. The second-order valence-electron chi connectivity index (χ2n) is 6.05. The van der Waals surface area contributed by atoms with Crippen LogP contribution in [0.25, 0.3) is 0 Å². The third-order valence-electron chi connectivity index (χ3n) is 3.93. The molecule has 2 aromatic rings. The normalized spacial score (nSPS) is 11.3. The number of methoxy groups -OCH3 is 1. The highest BCUT2D eigenvalue weighted by Crippen LogP contribution is 2.24. The molecule has 0 aliphatic carbocycles. The molecule has 0 bridgehead atoms. The third-order valence-corrected chi connectivity index (χ3v) is 3.93. The number of carbonyl (C=O) groups excluding carboxylic acids is 3. The minimum Gasteiger partial charge on any atom is -0.497 e. The van der Waals surface area contributed by atoms with E-state index in [2.05, 4.69) is 5.32 Å². The van der Waals surface area contributed by atoms with Crippen LogP contribution in [0.3, 0.4) is 0 Å². The van der Waals surface area contributed by atoms with Crippen LogP contribution in [-0.4, -0.2) is 31.4 Å². The van der Waals surface area contributed by atoms with Gasteiger partial charge < -0.3 is 19.6 Å². The van der Waals surface area contributed by atoms with E-state index in [0.717, 1.165) is 16.9 Å². The topological polar surface area (TPSA) is 81.7 Å². The molecule has 0 fully saturated rings. The van der Waals surface area contributed by atoms with E-state index in [4.69, 9.17) is 9.47 Å². The predicted molar refractivity (Wildman–Crippen MR) is 100 cm³/mol. The Kier molecular flexibility index (Phi) is 7.55. The van der Waals surface area contributed by atoms with Gasteiger partial charge in [0, 0.05) is 6.42 Å². The van der Waals surface area contributed by atoms with Gasteiger partial charge in [0.2, 0.25) is 0 Å². The fourth-order valence-electron chi connectivity index (χ4n) is 2.50. The fraction of sp³-hybridized carbons (Fsp3) is 0.286. The molecule has 0 unspecified atom stereocenters. The monoisotopic (exact) mass is 369 g/mol. The first-order valence-corrected chi connectivity index (χ1v) is 8.63. The molecule has 0 aliphatic heterocycles. The molecule has 6 nitrogen and oxygen atoms in total. The highest BCUT2D eigenvalue weighted by atomic mass is 16.5. The summed E-state index contributed by atoms with van der Waals surface area (Å²) in [5, 5.41) is 2.88. The Morgan fingerprint density at radius 1 is 0.926 bits per heavy atom. The molecular weight excluding hydrogens is 346 g/mol. The molecular formula is C21H23NO5. The van der Waals surface area contributed by atoms with Crippen molar-refractivity contribution in [1.29, 1.82) is 0 Å². The summed E-state index contributed by atoms with van der Waals surface area (Å²) in [6.07, 6.45) is 0.0855. The van der Waals surface area contributed by atoms with Gasteiger partial charge in [0.25, 0.3) is 5.91 Å². The summed E-state index contributed by atoms with van der Waals surface area (Å²) in [6.45, 7) is 1.01. The SMILES string of the molecule is COc1ccc([C@@H](NC(=O)COC(=O)CCC(C)=O)c2ccccc2)cc1. The Labute approximate surface area is 158 Å². The number of rotatable bonds is 9. The summed E-state index contributed by atoms with van der Waals surface area (Å²) < 4.78 is 10.1. The summed E-state index contributed by atoms with van der Waals surface area (Å²) in [5.41, 5.74) is 1.78. The number of carbonyl (C=O) groups is 3. The van der Waals surface area contributed by atoms with Crippen LogP contribution in [0.15, 0.2) is 54.6 Å². The fourth-order valence-corrected chi connectivity index (χ4v) is 2.50. The average molecular weight is 369 g/mol. The van der Waals surface area contributed by atoms with Crippen molar-refractivity contribution < 1.29 is 23.9 Å². The number of benzene rings is 2.